The summed E-state index contributed by atoms with van der Waals surface area (Å²) in [6, 6.07) is 6.30. The Labute approximate surface area is 97.7 Å². The lowest BCUT2D eigenvalue weighted by Crippen LogP contribution is -2.30. The van der Waals surface area contributed by atoms with Crippen molar-refractivity contribution in [1.29, 1.82) is 0 Å². The van der Waals surface area contributed by atoms with Gasteiger partial charge >= 0.3 is 0 Å². The maximum atomic E-state index is 10.3. The van der Waals surface area contributed by atoms with Crippen molar-refractivity contribution >= 4 is 0 Å². The number of piperidine rings is 1. The molecular formula is C14H21NO. The maximum Gasteiger partial charge on any atom is 0.0819 e. The molecule has 2 heteroatoms. The van der Waals surface area contributed by atoms with E-state index < -0.39 is 0 Å². The second kappa shape index (κ2) is 4.98. The molecule has 2 rings (SSSR count). The van der Waals surface area contributed by atoms with Crippen LogP contribution in [-0.2, 0) is 0 Å². The minimum Gasteiger partial charge on any atom is -0.388 e. The van der Waals surface area contributed by atoms with Gasteiger partial charge < -0.3 is 10.4 Å². The van der Waals surface area contributed by atoms with Crippen molar-refractivity contribution in [2.45, 2.75) is 32.8 Å². The zero-order chi connectivity index (χ0) is 11.5. The summed E-state index contributed by atoms with van der Waals surface area (Å²) in [4.78, 5) is 0. The van der Waals surface area contributed by atoms with Gasteiger partial charge in [0.2, 0.25) is 0 Å². The Morgan fingerprint density at radius 1 is 1.19 bits per heavy atom. The zero-order valence-corrected chi connectivity index (χ0v) is 10.2. The molecule has 0 spiro atoms. The summed E-state index contributed by atoms with van der Waals surface area (Å²) in [5, 5.41) is 13.7. The Morgan fingerprint density at radius 3 is 2.50 bits per heavy atom. The van der Waals surface area contributed by atoms with Crippen LogP contribution < -0.4 is 5.32 Å². The molecule has 1 aliphatic heterocycles. The van der Waals surface area contributed by atoms with Crippen LogP contribution in [0, 0.1) is 19.8 Å². The summed E-state index contributed by atoms with van der Waals surface area (Å²) < 4.78 is 0. The van der Waals surface area contributed by atoms with Gasteiger partial charge in [-0.25, -0.2) is 0 Å². The molecule has 1 saturated heterocycles. The first kappa shape index (κ1) is 11.6. The molecule has 0 saturated carbocycles. The molecular weight excluding hydrogens is 198 g/mol. The van der Waals surface area contributed by atoms with E-state index >= 15 is 0 Å². The van der Waals surface area contributed by atoms with Crippen molar-refractivity contribution in [2.75, 3.05) is 13.1 Å². The molecule has 0 amide bonds. The Bertz CT molecular complexity index is 356. The summed E-state index contributed by atoms with van der Waals surface area (Å²) in [5.74, 6) is 0.420. The largest absolute Gasteiger partial charge is 0.388 e. The van der Waals surface area contributed by atoms with Gasteiger partial charge in [-0.1, -0.05) is 18.2 Å². The van der Waals surface area contributed by atoms with Crippen LogP contribution in [0.3, 0.4) is 0 Å². The summed E-state index contributed by atoms with van der Waals surface area (Å²) in [6.07, 6.45) is 1.86. The minimum atomic E-state index is -0.290. The second-order valence-electron chi connectivity index (χ2n) is 4.88. The molecule has 1 heterocycles. The molecule has 0 aliphatic carbocycles. The van der Waals surface area contributed by atoms with Crippen molar-refractivity contribution in [3.05, 3.63) is 34.9 Å². The van der Waals surface area contributed by atoms with E-state index in [4.69, 9.17) is 0 Å². The maximum absolute atomic E-state index is 10.3. The monoisotopic (exact) mass is 219 g/mol. The topological polar surface area (TPSA) is 32.3 Å². The normalized spacial score (nSPS) is 19.7. The third kappa shape index (κ3) is 2.45. The Morgan fingerprint density at radius 2 is 1.88 bits per heavy atom. The van der Waals surface area contributed by atoms with Crippen LogP contribution in [0.2, 0.25) is 0 Å². The van der Waals surface area contributed by atoms with Crippen LogP contribution in [0.1, 0.15) is 35.6 Å². The van der Waals surface area contributed by atoms with E-state index in [-0.39, 0.29) is 6.10 Å². The van der Waals surface area contributed by atoms with Crippen LogP contribution in [-0.4, -0.2) is 18.2 Å². The standard InChI is InChI=1S/C14H21NO/c1-10-3-4-13(9-11(10)2)14(16)12-5-7-15-8-6-12/h3-4,9,12,14-16H,5-8H2,1-2H3. The predicted molar refractivity (Wildman–Crippen MR) is 66.5 cm³/mol. The fraction of sp³-hybridized carbons (Fsp3) is 0.571. The number of aryl methyl sites for hydroxylation is 2. The van der Waals surface area contributed by atoms with Gasteiger partial charge in [-0.05, 0) is 62.4 Å². The molecule has 88 valence electrons. The molecule has 1 fully saturated rings. The molecule has 2 nitrogen and oxygen atoms in total. The van der Waals surface area contributed by atoms with Crippen molar-refractivity contribution in [1.82, 2.24) is 5.32 Å². The SMILES string of the molecule is Cc1ccc(C(O)C2CCNCC2)cc1C. The summed E-state index contributed by atoms with van der Waals surface area (Å²) >= 11 is 0. The number of aliphatic hydroxyl groups is 1. The van der Waals surface area contributed by atoms with Gasteiger partial charge in [0, 0.05) is 0 Å². The number of aliphatic hydroxyl groups excluding tert-OH is 1. The Balaban J connectivity index is 2.12. The number of rotatable bonds is 2. The van der Waals surface area contributed by atoms with Gasteiger partial charge in [-0.2, -0.15) is 0 Å². The van der Waals surface area contributed by atoms with Crippen molar-refractivity contribution in [3.8, 4) is 0 Å². The highest BCUT2D eigenvalue weighted by molar-refractivity contribution is 5.31. The Kier molecular flexibility index (Phi) is 3.62. The van der Waals surface area contributed by atoms with Crippen LogP contribution in [0.4, 0.5) is 0 Å². The third-order valence-electron chi connectivity index (χ3n) is 3.70. The van der Waals surface area contributed by atoms with Gasteiger partial charge in [-0.3, -0.25) is 0 Å². The highest BCUT2D eigenvalue weighted by atomic mass is 16.3. The first-order chi connectivity index (χ1) is 7.68. The summed E-state index contributed by atoms with van der Waals surface area (Å²) in [6.45, 7) is 6.28. The first-order valence-electron chi connectivity index (χ1n) is 6.14. The van der Waals surface area contributed by atoms with E-state index in [1.54, 1.807) is 0 Å². The van der Waals surface area contributed by atoms with Crippen LogP contribution in [0.5, 0.6) is 0 Å². The molecule has 0 radical (unpaired) electrons. The molecule has 1 atom stereocenters. The summed E-state index contributed by atoms with van der Waals surface area (Å²) in [7, 11) is 0. The van der Waals surface area contributed by atoms with Crippen molar-refractivity contribution in [2.24, 2.45) is 5.92 Å². The van der Waals surface area contributed by atoms with E-state index in [0.717, 1.165) is 31.5 Å². The fourth-order valence-corrected chi connectivity index (χ4v) is 2.38. The highest BCUT2D eigenvalue weighted by Crippen LogP contribution is 2.29. The Hall–Kier alpha value is -0.860. The average Bonchev–Trinajstić information content (AvgIpc) is 2.33. The van der Waals surface area contributed by atoms with E-state index in [1.165, 1.54) is 11.1 Å². The first-order valence-corrected chi connectivity index (χ1v) is 6.14. The molecule has 16 heavy (non-hydrogen) atoms. The van der Waals surface area contributed by atoms with Crippen LogP contribution in [0.25, 0.3) is 0 Å². The molecule has 1 unspecified atom stereocenters. The number of nitrogens with one attached hydrogen (secondary N) is 1. The van der Waals surface area contributed by atoms with E-state index in [9.17, 15) is 5.11 Å². The molecule has 0 aromatic heterocycles. The van der Waals surface area contributed by atoms with Gasteiger partial charge in [0.15, 0.2) is 0 Å². The minimum absolute atomic E-state index is 0.290. The lowest BCUT2D eigenvalue weighted by Gasteiger charge is -2.27. The number of hydrogen-bond acceptors (Lipinski definition) is 2. The number of benzene rings is 1. The molecule has 1 aliphatic rings. The number of hydrogen-bond donors (Lipinski definition) is 2. The van der Waals surface area contributed by atoms with Gasteiger partial charge in [0.1, 0.15) is 0 Å². The van der Waals surface area contributed by atoms with Crippen LogP contribution >= 0.6 is 0 Å². The lowest BCUT2D eigenvalue weighted by molar-refractivity contribution is 0.0889. The molecule has 0 bridgehead atoms. The van der Waals surface area contributed by atoms with E-state index in [1.807, 2.05) is 0 Å². The molecule has 1 aromatic rings. The molecule has 1 aromatic carbocycles. The van der Waals surface area contributed by atoms with Gasteiger partial charge in [0.25, 0.3) is 0 Å². The molecule has 2 N–H and O–H groups in total. The third-order valence-corrected chi connectivity index (χ3v) is 3.70. The average molecular weight is 219 g/mol. The van der Waals surface area contributed by atoms with Crippen LogP contribution in [0.15, 0.2) is 18.2 Å². The lowest BCUT2D eigenvalue weighted by atomic mass is 9.87. The van der Waals surface area contributed by atoms with E-state index in [0.29, 0.717) is 5.92 Å². The summed E-state index contributed by atoms with van der Waals surface area (Å²) in [5.41, 5.74) is 3.64. The highest BCUT2D eigenvalue weighted by Gasteiger charge is 2.22. The smallest absolute Gasteiger partial charge is 0.0819 e. The van der Waals surface area contributed by atoms with Gasteiger partial charge in [0.05, 0.1) is 6.10 Å². The van der Waals surface area contributed by atoms with Crippen molar-refractivity contribution in [3.63, 3.8) is 0 Å². The predicted octanol–water partition coefficient (Wildman–Crippen LogP) is 2.34. The second-order valence-corrected chi connectivity index (χ2v) is 4.88. The zero-order valence-electron chi connectivity index (χ0n) is 10.2. The van der Waals surface area contributed by atoms with Crippen molar-refractivity contribution < 1.29 is 5.11 Å². The quantitative estimate of drug-likeness (QED) is 0.800. The van der Waals surface area contributed by atoms with Gasteiger partial charge in [-0.15, -0.1) is 0 Å². The fourth-order valence-electron chi connectivity index (χ4n) is 2.38. The van der Waals surface area contributed by atoms with E-state index in [2.05, 4.69) is 37.4 Å².